The molecular formula is C22H14Cl4FN3S. The van der Waals surface area contributed by atoms with E-state index in [9.17, 15) is 4.39 Å². The van der Waals surface area contributed by atoms with Crippen LogP contribution in [0, 0.1) is 5.82 Å². The molecular weight excluding hydrogens is 499 g/mol. The molecule has 0 aliphatic heterocycles. The molecule has 0 aliphatic rings. The minimum atomic E-state index is -0.315. The number of nitrogens with zero attached hydrogens (tertiary/aromatic N) is 3. The molecule has 0 atom stereocenters. The van der Waals surface area contributed by atoms with Crippen LogP contribution in [0.15, 0.2) is 65.8 Å². The molecule has 0 bridgehead atoms. The minimum absolute atomic E-state index is 0.315. The zero-order chi connectivity index (χ0) is 22.0. The lowest BCUT2D eigenvalue weighted by atomic mass is 10.1. The Bertz CT molecular complexity index is 1230. The van der Waals surface area contributed by atoms with Gasteiger partial charge in [0.25, 0.3) is 0 Å². The average molecular weight is 513 g/mol. The number of rotatable bonds is 6. The molecule has 0 saturated heterocycles. The van der Waals surface area contributed by atoms with Crippen molar-refractivity contribution in [1.29, 1.82) is 0 Å². The zero-order valence-electron chi connectivity index (χ0n) is 15.8. The number of hydrogen-bond acceptors (Lipinski definition) is 3. The molecule has 0 N–H and O–H groups in total. The van der Waals surface area contributed by atoms with E-state index in [1.165, 1.54) is 23.9 Å². The topological polar surface area (TPSA) is 30.7 Å². The Labute approximate surface area is 203 Å². The van der Waals surface area contributed by atoms with Crippen molar-refractivity contribution in [2.45, 2.75) is 17.3 Å². The predicted molar refractivity (Wildman–Crippen MR) is 127 cm³/mol. The van der Waals surface area contributed by atoms with Gasteiger partial charge in [0.15, 0.2) is 5.16 Å². The van der Waals surface area contributed by atoms with Crippen LogP contribution >= 0.6 is 58.2 Å². The molecule has 0 saturated carbocycles. The first-order chi connectivity index (χ1) is 14.9. The third-order valence-electron chi connectivity index (χ3n) is 4.50. The lowest BCUT2D eigenvalue weighted by Crippen LogP contribution is -2.04. The predicted octanol–water partition coefficient (Wildman–Crippen LogP) is 7.90. The summed E-state index contributed by atoms with van der Waals surface area (Å²) < 4.78 is 15.4. The summed E-state index contributed by atoms with van der Waals surface area (Å²) in [5, 5.41) is 11.5. The van der Waals surface area contributed by atoms with E-state index in [1.54, 1.807) is 36.4 Å². The molecule has 4 aromatic rings. The summed E-state index contributed by atoms with van der Waals surface area (Å²) in [7, 11) is 0. The van der Waals surface area contributed by atoms with Crippen LogP contribution in [-0.4, -0.2) is 14.8 Å². The van der Waals surface area contributed by atoms with E-state index in [4.69, 9.17) is 46.4 Å². The molecule has 4 rings (SSSR count). The van der Waals surface area contributed by atoms with Crippen LogP contribution in [-0.2, 0) is 12.2 Å². The summed E-state index contributed by atoms with van der Waals surface area (Å²) in [6, 6.07) is 17.0. The van der Waals surface area contributed by atoms with Gasteiger partial charge in [0.1, 0.15) is 11.6 Å². The van der Waals surface area contributed by atoms with E-state index < -0.39 is 0 Å². The zero-order valence-corrected chi connectivity index (χ0v) is 19.7. The normalized spacial score (nSPS) is 11.1. The van der Waals surface area contributed by atoms with Crippen molar-refractivity contribution in [3.8, 4) is 5.69 Å². The molecule has 0 radical (unpaired) electrons. The Balaban J connectivity index is 1.67. The van der Waals surface area contributed by atoms with E-state index in [0.717, 1.165) is 16.8 Å². The van der Waals surface area contributed by atoms with Gasteiger partial charge in [-0.05, 0) is 59.7 Å². The maximum Gasteiger partial charge on any atom is 0.196 e. The highest BCUT2D eigenvalue weighted by molar-refractivity contribution is 7.98. The smallest absolute Gasteiger partial charge is 0.196 e. The van der Waals surface area contributed by atoms with Crippen LogP contribution in [0.3, 0.4) is 0 Å². The van der Waals surface area contributed by atoms with Crippen molar-refractivity contribution >= 4 is 58.2 Å². The highest BCUT2D eigenvalue weighted by Crippen LogP contribution is 2.31. The molecule has 3 aromatic carbocycles. The number of halogens is 5. The van der Waals surface area contributed by atoms with Crippen LogP contribution in [0.5, 0.6) is 0 Å². The average Bonchev–Trinajstić information content (AvgIpc) is 3.13. The Morgan fingerprint density at radius 1 is 0.806 bits per heavy atom. The highest BCUT2D eigenvalue weighted by atomic mass is 35.5. The van der Waals surface area contributed by atoms with E-state index in [1.807, 2.05) is 16.7 Å². The summed E-state index contributed by atoms with van der Waals surface area (Å²) in [5.41, 5.74) is 2.62. The SMILES string of the molecule is Fc1ccc(-n2c(Cc3ccc(Cl)c(Cl)c3)nnc2SCc2ccc(Cl)cc2Cl)cc1. The summed E-state index contributed by atoms with van der Waals surface area (Å²) in [5.74, 6) is 0.946. The molecule has 0 aliphatic carbocycles. The second-order valence-electron chi connectivity index (χ2n) is 6.66. The fourth-order valence-electron chi connectivity index (χ4n) is 2.97. The molecule has 158 valence electrons. The second kappa shape index (κ2) is 9.80. The van der Waals surface area contributed by atoms with Crippen molar-refractivity contribution in [1.82, 2.24) is 14.8 Å². The van der Waals surface area contributed by atoms with Gasteiger partial charge in [-0.15, -0.1) is 10.2 Å². The van der Waals surface area contributed by atoms with Crippen LogP contribution in [0.4, 0.5) is 4.39 Å². The van der Waals surface area contributed by atoms with Gasteiger partial charge in [-0.25, -0.2) is 4.39 Å². The number of hydrogen-bond donors (Lipinski definition) is 0. The Morgan fingerprint density at radius 3 is 2.29 bits per heavy atom. The number of thioether (sulfide) groups is 1. The molecule has 0 spiro atoms. The molecule has 0 amide bonds. The molecule has 0 unspecified atom stereocenters. The molecule has 1 heterocycles. The van der Waals surface area contributed by atoms with Crippen molar-refractivity contribution in [2.24, 2.45) is 0 Å². The molecule has 31 heavy (non-hydrogen) atoms. The van der Waals surface area contributed by atoms with Gasteiger partial charge in [-0.2, -0.15) is 0 Å². The van der Waals surface area contributed by atoms with E-state index in [2.05, 4.69) is 10.2 Å². The lowest BCUT2D eigenvalue weighted by Gasteiger charge is -2.11. The van der Waals surface area contributed by atoms with Gasteiger partial charge < -0.3 is 0 Å². The van der Waals surface area contributed by atoms with Gasteiger partial charge in [-0.1, -0.05) is 70.3 Å². The van der Waals surface area contributed by atoms with Crippen LogP contribution in [0.25, 0.3) is 5.69 Å². The maximum absolute atomic E-state index is 13.5. The first kappa shape index (κ1) is 22.4. The van der Waals surface area contributed by atoms with E-state index in [0.29, 0.717) is 43.2 Å². The van der Waals surface area contributed by atoms with Crippen LogP contribution < -0.4 is 0 Å². The molecule has 1 aromatic heterocycles. The van der Waals surface area contributed by atoms with Crippen LogP contribution in [0.2, 0.25) is 20.1 Å². The third kappa shape index (κ3) is 5.36. The van der Waals surface area contributed by atoms with Crippen LogP contribution in [0.1, 0.15) is 17.0 Å². The Kier molecular flexibility index (Phi) is 7.09. The highest BCUT2D eigenvalue weighted by Gasteiger charge is 2.16. The number of aromatic nitrogens is 3. The van der Waals surface area contributed by atoms with Gasteiger partial charge in [0, 0.05) is 27.9 Å². The van der Waals surface area contributed by atoms with Crippen molar-refractivity contribution in [3.63, 3.8) is 0 Å². The van der Waals surface area contributed by atoms with Gasteiger partial charge in [-0.3, -0.25) is 4.57 Å². The monoisotopic (exact) mass is 511 g/mol. The van der Waals surface area contributed by atoms with Crippen molar-refractivity contribution in [2.75, 3.05) is 0 Å². The van der Waals surface area contributed by atoms with Crippen molar-refractivity contribution < 1.29 is 4.39 Å². The molecule has 9 heteroatoms. The lowest BCUT2D eigenvalue weighted by molar-refractivity contribution is 0.627. The second-order valence-corrected chi connectivity index (χ2v) is 9.26. The summed E-state index contributed by atoms with van der Waals surface area (Å²) >= 11 is 26.0. The summed E-state index contributed by atoms with van der Waals surface area (Å²) in [6.07, 6.45) is 0.476. The standard InChI is InChI=1S/C22H14Cl4FN3S/c23-15-3-2-14(19(25)11-15)12-31-22-29-28-21(10-13-1-8-18(24)20(26)9-13)30(22)17-6-4-16(27)5-7-17/h1-9,11H,10,12H2. The first-order valence-electron chi connectivity index (χ1n) is 9.11. The molecule has 3 nitrogen and oxygen atoms in total. The number of benzene rings is 3. The maximum atomic E-state index is 13.5. The summed E-state index contributed by atoms with van der Waals surface area (Å²) in [6.45, 7) is 0. The minimum Gasteiger partial charge on any atom is -0.274 e. The fraction of sp³-hybridized carbons (Fsp3) is 0.0909. The largest absolute Gasteiger partial charge is 0.274 e. The third-order valence-corrected chi connectivity index (χ3v) is 6.81. The van der Waals surface area contributed by atoms with Crippen molar-refractivity contribution in [3.05, 3.63) is 104 Å². The fourth-order valence-corrected chi connectivity index (χ4v) is 4.82. The van der Waals surface area contributed by atoms with Gasteiger partial charge in [0.05, 0.1) is 10.0 Å². The first-order valence-corrected chi connectivity index (χ1v) is 11.6. The summed E-state index contributed by atoms with van der Waals surface area (Å²) in [4.78, 5) is 0. The molecule has 0 fully saturated rings. The van der Waals surface area contributed by atoms with Gasteiger partial charge in [0.2, 0.25) is 0 Å². The Morgan fingerprint density at radius 2 is 1.58 bits per heavy atom. The Hall–Kier alpha value is -1.76. The quantitative estimate of drug-likeness (QED) is 0.246. The van der Waals surface area contributed by atoms with E-state index in [-0.39, 0.29) is 5.82 Å². The van der Waals surface area contributed by atoms with Gasteiger partial charge >= 0.3 is 0 Å². The van der Waals surface area contributed by atoms with E-state index >= 15 is 0 Å².